The fourth-order valence-corrected chi connectivity index (χ4v) is 2.33. The lowest BCUT2D eigenvalue weighted by Gasteiger charge is -2.22. The van der Waals surface area contributed by atoms with Gasteiger partial charge in [-0.15, -0.1) is 0 Å². The summed E-state index contributed by atoms with van der Waals surface area (Å²) in [5.74, 6) is 0.874. The zero-order valence-corrected chi connectivity index (χ0v) is 12.6. The molecule has 0 spiro atoms. The van der Waals surface area contributed by atoms with Crippen molar-refractivity contribution in [1.29, 1.82) is 0 Å². The molecule has 0 amide bonds. The number of nitrogens with one attached hydrogen (secondary N) is 1. The van der Waals surface area contributed by atoms with Crippen molar-refractivity contribution in [2.75, 3.05) is 58.3 Å². The Morgan fingerprint density at radius 2 is 2.20 bits per heavy atom. The number of anilines is 1. The maximum Gasteiger partial charge on any atom is 0.139 e. The minimum atomic E-state index is 0.741. The van der Waals surface area contributed by atoms with Crippen LogP contribution in [-0.2, 0) is 0 Å². The molecule has 1 aromatic rings. The van der Waals surface area contributed by atoms with Crippen LogP contribution in [0.4, 0.5) is 5.69 Å². The van der Waals surface area contributed by atoms with Gasteiger partial charge in [0.2, 0.25) is 0 Å². The van der Waals surface area contributed by atoms with Crippen molar-refractivity contribution < 1.29 is 4.74 Å². The molecule has 5 nitrogen and oxygen atoms in total. The second-order valence-corrected chi connectivity index (χ2v) is 5.47. The molecule has 1 saturated heterocycles. The van der Waals surface area contributed by atoms with E-state index in [-0.39, 0.29) is 0 Å². The third-order valence-electron chi connectivity index (χ3n) is 3.42. The van der Waals surface area contributed by atoms with E-state index in [0.29, 0.717) is 0 Å². The number of pyridine rings is 1. The summed E-state index contributed by atoms with van der Waals surface area (Å²) in [6.07, 6.45) is 5.94. The number of nitrogens with zero attached hydrogens (tertiary/aromatic N) is 3. The van der Waals surface area contributed by atoms with Crippen LogP contribution in [0.25, 0.3) is 0 Å². The Bertz CT molecular complexity index is 389. The molecule has 2 rings (SSSR count). The van der Waals surface area contributed by atoms with Gasteiger partial charge in [-0.3, -0.25) is 4.98 Å². The summed E-state index contributed by atoms with van der Waals surface area (Å²) in [4.78, 5) is 8.85. The highest BCUT2D eigenvalue weighted by molar-refractivity contribution is 5.48. The highest BCUT2D eigenvalue weighted by Crippen LogP contribution is 2.20. The van der Waals surface area contributed by atoms with Crippen molar-refractivity contribution >= 4 is 5.69 Å². The average molecular weight is 278 g/mol. The highest BCUT2D eigenvalue weighted by atomic mass is 16.5. The number of hydrogen-bond acceptors (Lipinski definition) is 5. The average Bonchev–Trinajstić information content (AvgIpc) is 2.73. The Labute approximate surface area is 121 Å². The Morgan fingerprint density at radius 3 is 3.05 bits per heavy atom. The second kappa shape index (κ2) is 8.07. The Morgan fingerprint density at radius 1 is 1.30 bits per heavy atom. The molecule has 0 atom stereocenters. The maximum atomic E-state index is 5.79. The lowest BCUT2D eigenvalue weighted by molar-refractivity contribution is 0.281. The molecule has 0 aromatic carbocycles. The SMILES string of the molecule is CN(C)CCCOc1cncc(N2CCCNCC2)c1. The van der Waals surface area contributed by atoms with Crippen molar-refractivity contribution in [3.05, 3.63) is 18.5 Å². The summed E-state index contributed by atoms with van der Waals surface area (Å²) < 4.78 is 5.79. The monoisotopic (exact) mass is 278 g/mol. The van der Waals surface area contributed by atoms with E-state index in [1.165, 1.54) is 12.1 Å². The Kier molecular flexibility index (Phi) is 6.08. The number of hydrogen-bond donors (Lipinski definition) is 1. The number of ether oxygens (including phenoxy) is 1. The van der Waals surface area contributed by atoms with Crippen molar-refractivity contribution in [1.82, 2.24) is 15.2 Å². The van der Waals surface area contributed by atoms with Crippen LogP contribution < -0.4 is 15.0 Å². The molecular weight excluding hydrogens is 252 g/mol. The fraction of sp³-hybridized carbons (Fsp3) is 0.667. The summed E-state index contributed by atoms with van der Waals surface area (Å²) in [6, 6.07) is 2.11. The van der Waals surface area contributed by atoms with E-state index in [9.17, 15) is 0 Å². The third-order valence-corrected chi connectivity index (χ3v) is 3.42. The summed E-state index contributed by atoms with van der Waals surface area (Å²) in [5.41, 5.74) is 1.17. The lowest BCUT2D eigenvalue weighted by Crippen LogP contribution is -2.27. The molecule has 1 aliphatic rings. The van der Waals surface area contributed by atoms with E-state index in [1.807, 2.05) is 6.20 Å². The highest BCUT2D eigenvalue weighted by Gasteiger charge is 2.10. The van der Waals surface area contributed by atoms with E-state index in [0.717, 1.165) is 51.5 Å². The molecule has 0 radical (unpaired) electrons. The molecule has 112 valence electrons. The van der Waals surface area contributed by atoms with Gasteiger partial charge < -0.3 is 19.9 Å². The Balaban J connectivity index is 1.86. The molecule has 0 saturated carbocycles. The lowest BCUT2D eigenvalue weighted by atomic mass is 10.3. The van der Waals surface area contributed by atoms with Crippen molar-refractivity contribution in [3.63, 3.8) is 0 Å². The van der Waals surface area contributed by atoms with E-state index in [1.54, 1.807) is 6.20 Å². The van der Waals surface area contributed by atoms with Gasteiger partial charge in [0.25, 0.3) is 0 Å². The van der Waals surface area contributed by atoms with Crippen LogP contribution in [0.3, 0.4) is 0 Å². The smallest absolute Gasteiger partial charge is 0.139 e. The summed E-state index contributed by atoms with van der Waals surface area (Å²) >= 11 is 0. The van der Waals surface area contributed by atoms with Gasteiger partial charge in [-0.05, 0) is 33.5 Å². The standard InChI is InChI=1S/C15H26N4O/c1-18(2)7-4-10-20-15-11-14(12-17-13-15)19-8-3-5-16-6-9-19/h11-13,16H,3-10H2,1-2H3. The summed E-state index contributed by atoms with van der Waals surface area (Å²) in [5, 5.41) is 3.42. The summed E-state index contributed by atoms with van der Waals surface area (Å²) in [6.45, 7) is 6.04. The topological polar surface area (TPSA) is 40.6 Å². The van der Waals surface area contributed by atoms with Crippen LogP contribution in [0.5, 0.6) is 5.75 Å². The van der Waals surface area contributed by atoms with Gasteiger partial charge in [-0.25, -0.2) is 0 Å². The van der Waals surface area contributed by atoms with Crippen LogP contribution in [0.1, 0.15) is 12.8 Å². The van der Waals surface area contributed by atoms with Gasteiger partial charge in [-0.1, -0.05) is 0 Å². The molecular formula is C15H26N4O. The first-order valence-electron chi connectivity index (χ1n) is 7.44. The maximum absolute atomic E-state index is 5.79. The minimum absolute atomic E-state index is 0.741. The normalized spacial score (nSPS) is 16.2. The van der Waals surface area contributed by atoms with E-state index < -0.39 is 0 Å². The molecule has 0 unspecified atom stereocenters. The first-order valence-corrected chi connectivity index (χ1v) is 7.44. The molecule has 1 N–H and O–H groups in total. The van der Waals surface area contributed by atoms with E-state index in [2.05, 4.69) is 40.3 Å². The minimum Gasteiger partial charge on any atom is -0.492 e. The van der Waals surface area contributed by atoms with Gasteiger partial charge in [0, 0.05) is 32.2 Å². The fourth-order valence-electron chi connectivity index (χ4n) is 2.33. The molecule has 0 aliphatic carbocycles. The molecule has 20 heavy (non-hydrogen) atoms. The van der Waals surface area contributed by atoms with Crippen LogP contribution in [0.2, 0.25) is 0 Å². The van der Waals surface area contributed by atoms with Gasteiger partial charge in [0.15, 0.2) is 0 Å². The van der Waals surface area contributed by atoms with Crippen molar-refractivity contribution in [2.24, 2.45) is 0 Å². The predicted molar refractivity (Wildman–Crippen MR) is 82.6 cm³/mol. The quantitative estimate of drug-likeness (QED) is 0.792. The molecule has 5 heteroatoms. The zero-order valence-electron chi connectivity index (χ0n) is 12.6. The molecule has 1 fully saturated rings. The summed E-state index contributed by atoms with van der Waals surface area (Å²) in [7, 11) is 4.16. The predicted octanol–water partition coefficient (Wildman–Crippen LogP) is 1.21. The molecule has 1 aliphatic heterocycles. The van der Waals surface area contributed by atoms with E-state index >= 15 is 0 Å². The first-order chi connectivity index (χ1) is 9.75. The zero-order chi connectivity index (χ0) is 14.2. The molecule has 1 aromatic heterocycles. The van der Waals surface area contributed by atoms with Gasteiger partial charge >= 0.3 is 0 Å². The molecule has 0 bridgehead atoms. The molecule has 2 heterocycles. The second-order valence-electron chi connectivity index (χ2n) is 5.47. The van der Waals surface area contributed by atoms with Gasteiger partial charge in [0.1, 0.15) is 5.75 Å². The van der Waals surface area contributed by atoms with Crippen molar-refractivity contribution in [2.45, 2.75) is 12.8 Å². The van der Waals surface area contributed by atoms with Crippen LogP contribution >= 0.6 is 0 Å². The van der Waals surface area contributed by atoms with Crippen LogP contribution in [0, 0.1) is 0 Å². The van der Waals surface area contributed by atoms with Gasteiger partial charge in [0.05, 0.1) is 24.7 Å². The largest absolute Gasteiger partial charge is 0.492 e. The third kappa shape index (κ3) is 4.98. The van der Waals surface area contributed by atoms with Crippen molar-refractivity contribution in [3.8, 4) is 5.75 Å². The van der Waals surface area contributed by atoms with E-state index in [4.69, 9.17) is 4.74 Å². The number of aromatic nitrogens is 1. The first kappa shape index (κ1) is 15.1. The van der Waals surface area contributed by atoms with Crippen LogP contribution in [0.15, 0.2) is 18.5 Å². The Hall–Kier alpha value is -1.33. The van der Waals surface area contributed by atoms with Crippen LogP contribution in [-0.4, -0.2) is 63.3 Å². The van der Waals surface area contributed by atoms with Gasteiger partial charge in [-0.2, -0.15) is 0 Å². The number of rotatable bonds is 6.